The summed E-state index contributed by atoms with van der Waals surface area (Å²) in [6.07, 6.45) is 11.7. The number of nitrogens with zero attached hydrogens (tertiary/aromatic N) is 3. The van der Waals surface area contributed by atoms with Crippen LogP contribution in [0.5, 0.6) is 0 Å². The maximum atomic E-state index is 5.06. The number of hydrogen-bond acceptors (Lipinski definition) is 3. The van der Waals surface area contributed by atoms with Gasteiger partial charge >= 0.3 is 0 Å². The summed E-state index contributed by atoms with van der Waals surface area (Å²) in [7, 11) is 0. The van der Waals surface area contributed by atoms with Gasteiger partial charge in [-0.3, -0.25) is 4.90 Å². The first-order valence-corrected chi connectivity index (χ1v) is 12.7. The van der Waals surface area contributed by atoms with E-state index >= 15 is 0 Å². The summed E-state index contributed by atoms with van der Waals surface area (Å²) in [5, 5.41) is 0. The van der Waals surface area contributed by atoms with Crippen LogP contribution in [-0.4, -0.2) is 9.97 Å². The van der Waals surface area contributed by atoms with Crippen LogP contribution in [0.4, 0.5) is 17.2 Å². The van der Waals surface area contributed by atoms with E-state index in [2.05, 4.69) is 113 Å². The number of fused-ring (bicyclic) bond motifs is 5. The van der Waals surface area contributed by atoms with Crippen LogP contribution < -0.4 is 4.90 Å². The van der Waals surface area contributed by atoms with Crippen molar-refractivity contribution in [1.29, 1.82) is 0 Å². The zero-order chi connectivity index (χ0) is 24.6. The fraction of sp³-hybridized carbons (Fsp3) is 0.0588. The van der Waals surface area contributed by atoms with E-state index in [9.17, 15) is 0 Å². The van der Waals surface area contributed by atoms with E-state index < -0.39 is 0 Å². The van der Waals surface area contributed by atoms with Crippen molar-refractivity contribution in [1.82, 2.24) is 9.97 Å². The van der Waals surface area contributed by atoms with Crippen LogP contribution >= 0.6 is 0 Å². The molecular weight excluding hydrogens is 450 g/mol. The van der Waals surface area contributed by atoms with E-state index in [0.29, 0.717) is 11.7 Å². The molecule has 4 aromatic carbocycles. The molecule has 0 spiro atoms. The van der Waals surface area contributed by atoms with Crippen molar-refractivity contribution < 1.29 is 0 Å². The molecule has 2 heterocycles. The van der Waals surface area contributed by atoms with Crippen LogP contribution in [0.1, 0.15) is 17.9 Å². The molecule has 5 aromatic rings. The molecule has 0 N–H and O–H groups in total. The molecule has 1 aliphatic heterocycles. The monoisotopic (exact) mass is 475 g/mol. The summed E-state index contributed by atoms with van der Waals surface area (Å²) in [6, 6.07) is 36.4. The van der Waals surface area contributed by atoms with E-state index in [-0.39, 0.29) is 0 Å². The van der Waals surface area contributed by atoms with Gasteiger partial charge in [0.05, 0.1) is 11.4 Å². The Morgan fingerprint density at radius 3 is 2.14 bits per heavy atom. The zero-order valence-electron chi connectivity index (χ0n) is 20.3. The third-order valence-electron chi connectivity index (χ3n) is 7.22. The lowest BCUT2D eigenvalue weighted by Crippen LogP contribution is -2.13. The number of para-hydroxylation sites is 2. The predicted octanol–water partition coefficient (Wildman–Crippen LogP) is 8.86. The van der Waals surface area contributed by atoms with Gasteiger partial charge in [0, 0.05) is 28.8 Å². The number of anilines is 3. The first-order chi connectivity index (χ1) is 18.4. The van der Waals surface area contributed by atoms with Crippen molar-refractivity contribution in [2.24, 2.45) is 0 Å². The molecular formula is C34H25N3. The number of allylic oxidation sites excluding steroid dienone is 4. The Bertz CT molecular complexity index is 1670. The Morgan fingerprint density at radius 1 is 0.649 bits per heavy atom. The van der Waals surface area contributed by atoms with Crippen molar-refractivity contribution in [3.05, 3.63) is 139 Å². The predicted molar refractivity (Wildman–Crippen MR) is 152 cm³/mol. The van der Waals surface area contributed by atoms with Crippen molar-refractivity contribution in [2.75, 3.05) is 4.90 Å². The molecule has 0 saturated heterocycles. The minimum Gasteiger partial charge on any atom is -0.294 e. The Morgan fingerprint density at radius 2 is 1.38 bits per heavy atom. The minimum atomic E-state index is 0.396. The van der Waals surface area contributed by atoms with Crippen LogP contribution in [0.15, 0.2) is 134 Å². The van der Waals surface area contributed by atoms with Gasteiger partial charge in [0.2, 0.25) is 0 Å². The van der Waals surface area contributed by atoms with Gasteiger partial charge in [0.1, 0.15) is 5.82 Å². The van der Waals surface area contributed by atoms with Crippen LogP contribution in [0.3, 0.4) is 0 Å². The molecule has 3 nitrogen and oxygen atoms in total. The van der Waals surface area contributed by atoms with E-state index in [1.54, 1.807) is 0 Å². The molecule has 0 bridgehead atoms. The van der Waals surface area contributed by atoms with Crippen LogP contribution in [-0.2, 0) is 0 Å². The molecule has 3 heteroatoms. The summed E-state index contributed by atoms with van der Waals surface area (Å²) in [4.78, 5) is 11.9. The molecule has 0 saturated carbocycles. The van der Waals surface area contributed by atoms with Gasteiger partial charge in [0.15, 0.2) is 5.82 Å². The van der Waals surface area contributed by atoms with E-state index in [4.69, 9.17) is 4.98 Å². The van der Waals surface area contributed by atoms with Crippen molar-refractivity contribution in [3.63, 3.8) is 0 Å². The largest absolute Gasteiger partial charge is 0.294 e. The number of aromatic nitrogens is 2. The molecule has 1 aromatic heterocycles. The average molecular weight is 476 g/mol. The molecule has 176 valence electrons. The molecule has 0 amide bonds. The van der Waals surface area contributed by atoms with E-state index in [0.717, 1.165) is 29.2 Å². The molecule has 1 unspecified atom stereocenters. The third kappa shape index (κ3) is 3.76. The molecule has 1 atom stereocenters. The highest BCUT2D eigenvalue weighted by atomic mass is 15.2. The van der Waals surface area contributed by atoms with Gasteiger partial charge in [-0.05, 0) is 47.4 Å². The Hall–Kier alpha value is -4.76. The highest BCUT2D eigenvalue weighted by Gasteiger charge is 2.27. The summed E-state index contributed by atoms with van der Waals surface area (Å²) < 4.78 is 0. The normalized spacial score (nSPS) is 15.5. The smallest absolute Gasteiger partial charge is 0.161 e. The lowest BCUT2D eigenvalue weighted by Gasteiger charge is -2.26. The van der Waals surface area contributed by atoms with Gasteiger partial charge in [-0.1, -0.05) is 103 Å². The Balaban J connectivity index is 1.46. The SMILES string of the molecule is C1=CCC(c2ccc3c(c2)-c2ccccc2N(c2ccnc(-c4ccccc4)n2)c2ccccc2-3)C=C1. The molecule has 7 rings (SSSR count). The molecule has 0 fully saturated rings. The van der Waals surface area contributed by atoms with Crippen molar-refractivity contribution in [2.45, 2.75) is 12.3 Å². The average Bonchev–Trinajstić information content (AvgIpc) is 3.10. The molecule has 1 aliphatic carbocycles. The summed E-state index contributed by atoms with van der Waals surface area (Å²) in [5.74, 6) is 1.96. The topological polar surface area (TPSA) is 29.0 Å². The van der Waals surface area contributed by atoms with E-state index in [1.165, 1.54) is 27.8 Å². The molecule has 0 radical (unpaired) electrons. The second-order valence-electron chi connectivity index (χ2n) is 9.43. The minimum absolute atomic E-state index is 0.396. The van der Waals surface area contributed by atoms with Gasteiger partial charge in [-0.25, -0.2) is 9.97 Å². The highest BCUT2D eigenvalue weighted by molar-refractivity contribution is 6.02. The number of rotatable bonds is 3. The second-order valence-corrected chi connectivity index (χ2v) is 9.43. The molecule has 2 aliphatic rings. The summed E-state index contributed by atoms with van der Waals surface area (Å²) in [5.41, 5.74) is 9.45. The van der Waals surface area contributed by atoms with Crippen LogP contribution in [0, 0.1) is 0 Å². The van der Waals surface area contributed by atoms with Crippen LogP contribution in [0.2, 0.25) is 0 Å². The lowest BCUT2D eigenvalue weighted by atomic mass is 9.87. The number of benzene rings is 4. The maximum Gasteiger partial charge on any atom is 0.161 e. The lowest BCUT2D eigenvalue weighted by molar-refractivity contribution is 0.854. The summed E-state index contributed by atoms with van der Waals surface area (Å²) >= 11 is 0. The fourth-order valence-electron chi connectivity index (χ4n) is 5.45. The third-order valence-corrected chi connectivity index (χ3v) is 7.22. The van der Waals surface area contributed by atoms with Crippen molar-refractivity contribution in [3.8, 4) is 33.6 Å². The summed E-state index contributed by atoms with van der Waals surface area (Å²) in [6.45, 7) is 0. The molecule has 37 heavy (non-hydrogen) atoms. The Labute approximate surface area is 217 Å². The fourth-order valence-corrected chi connectivity index (χ4v) is 5.45. The number of hydrogen-bond donors (Lipinski definition) is 0. The maximum absolute atomic E-state index is 5.06. The zero-order valence-corrected chi connectivity index (χ0v) is 20.3. The van der Waals surface area contributed by atoms with Gasteiger partial charge in [-0.15, -0.1) is 0 Å². The highest BCUT2D eigenvalue weighted by Crippen LogP contribution is 2.50. The first kappa shape index (κ1) is 21.5. The van der Waals surface area contributed by atoms with Gasteiger partial charge in [0.25, 0.3) is 0 Å². The first-order valence-electron chi connectivity index (χ1n) is 12.7. The van der Waals surface area contributed by atoms with Gasteiger partial charge in [-0.2, -0.15) is 0 Å². The second kappa shape index (κ2) is 9.03. The standard InChI is InChI=1S/C34H25N3/c1-3-11-24(12-4-1)26-19-20-27-28-15-7-9-17-31(28)37(32-18-10-8-16-29(32)30(27)23-26)33-21-22-35-34(36-33)25-13-5-2-6-14-25/h1-11,13-24H,12H2. The van der Waals surface area contributed by atoms with E-state index in [1.807, 2.05) is 30.5 Å². The van der Waals surface area contributed by atoms with Crippen molar-refractivity contribution >= 4 is 17.2 Å². The van der Waals surface area contributed by atoms with Crippen LogP contribution in [0.25, 0.3) is 33.6 Å². The van der Waals surface area contributed by atoms with Gasteiger partial charge < -0.3 is 0 Å². The Kier molecular flexibility index (Phi) is 5.25. The quantitative estimate of drug-likeness (QED) is 0.256.